The van der Waals surface area contributed by atoms with Gasteiger partial charge < -0.3 is 14.6 Å². The quantitative estimate of drug-likeness (QED) is 0.308. The molecule has 0 radical (unpaired) electrons. The number of aromatic nitrogens is 2. The van der Waals surface area contributed by atoms with E-state index in [2.05, 4.69) is 21.6 Å². The summed E-state index contributed by atoms with van der Waals surface area (Å²) >= 11 is 1.01. The van der Waals surface area contributed by atoms with Crippen LogP contribution in [0.5, 0.6) is 5.75 Å². The molecule has 3 atom stereocenters. The molecule has 186 valence electrons. The minimum absolute atomic E-state index is 0.105. The van der Waals surface area contributed by atoms with Crippen LogP contribution in [0.15, 0.2) is 18.5 Å². The minimum Gasteiger partial charge on any atom is -0.491 e. The van der Waals surface area contributed by atoms with Crippen LogP contribution in [0.3, 0.4) is 0 Å². The first-order valence-electron chi connectivity index (χ1n) is 11.9. The third kappa shape index (κ3) is 7.06. The van der Waals surface area contributed by atoms with Crippen molar-refractivity contribution < 1.29 is 28.6 Å². The summed E-state index contributed by atoms with van der Waals surface area (Å²) in [5.41, 5.74) is 0.727. The third-order valence-electron chi connectivity index (χ3n) is 6.34. The van der Waals surface area contributed by atoms with Crippen LogP contribution in [0.4, 0.5) is 4.39 Å². The number of thiazole rings is 1. The number of hydrogen-bond acceptors (Lipinski definition) is 8. The van der Waals surface area contributed by atoms with Gasteiger partial charge in [-0.15, -0.1) is 11.3 Å². The molecule has 9 heteroatoms. The van der Waals surface area contributed by atoms with Crippen LogP contribution in [0, 0.1) is 17.8 Å². The average Bonchev–Trinajstić information content (AvgIpc) is 3.39. The van der Waals surface area contributed by atoms with E-state index in [1.54, 1.807) is 18.5 Å². The number of Topliss-reactive ketones (excluding diaryl/α,β-unsaturated/α-hetero) is 1. The molecule has 1 aliphatic carbocycles. The number of aliphatic hydroxyl groups excluding tert-OH is 1. The molecule has 0 aromatic carbocycles. The lowest BCUT2D eigenvalue weighted by molar-refractivity contribution is -0.122. The van der Waals surface area contributed by atoms with E-state index < -0.39 is 18.0 Å². The number of halogens is 1. The Balaban J connectivity index is 1.50. The molecule has 2 heterocycles. The fourth-order valence-electron chi connectivity index (χ4n) is 4.37. The molecular weight excluding hydrogens is 459 g/mol. The van der Waals surface area contributed by atoms with Crippen molar-refractivity contribution in [3.63, 3.8) is 0 Å². The third-order valence-corrected chi connectivity index (χ3v) is 7.41. The molecular formula is C25H33FN2O5S. The maximum Gasteiger partial charge on any atom is 0.352 e. The van der Waals surface area contributed by atoms with Crippen LogP contribution in [0.2, 0.25) is 0 Å². The lowest BCUT2D eigenvalue weighted by Gasteiger charge is -2.19. The number of ketones is 1. The highest BCUT2D eigenvalue weighted by molar-refractivity contribution is 7.13. The summed E-state index contributed by atoms with van der Waals surface area (Å²) in [7, 11) is 1.21. The molecule has 2 aromatic rings. The zero-order valence-corrected chi connectivity index (χ0v) is 20.6. The van der Waals surface area contributed by atoms with E-state index in [9.17, 15) is 19.1 Å². The highest BCUT2D eigenvalue weighted by Crippen LogP contribution is 2.34. The zero-order chi connectivity index (χ0) is 24.5. The molecule has 2 aromatic heterocycles. The fourth-order valence-corrected chi connectivity index (χ4v) is 5.28. The van der Waals surface area contributed by atoms with Crippen molar-refractivity contribution >= 4 is 23.1 Å². The number of aliphatic hydroxyl groups is 1. The Morgan fingerprint density at radius 3 is 2.91 bits per heavy atom. The van der Waals surface area contributed by atoms with Crippen LogP contribution in [-0.2, 0) is 16.0 Å². The van der Waals surface area contributed by atoms with Crippen LogP contribution in [-0.4, -0.2) is 40.5 Å². The normalized spacial score (nSPS) is 18.8. The molecule has 1 unspecified atom stereocenters. The number of carbonyl (C=O) groups is 2. The van der Waals surface area contributed by atoms with E-state index >= 15 is 0 Å². The summed E-state index contributed by atoms with van der Waals surface area (Å²) in [5.74, 6) is -0.765. The largest absolute Gasteiger partial charge is 0.491 e. The number of methoxy groups -OCH3 is 1. The van der Waals surface area contributed by atoms with Gasteiger partial charge in [-0.1, -0.05) is 26.2 Å². The fraction of sp³-hybridized carbons (Fsp3) is 0.600. The van der Waals surface area contributed by atoms with Crippen molar-refractivity contribution in [3.05, 3.63) is 39.9 Å². The second-order valence-electron chi connectivity index (χ2n) is 8.76. The first kappa shape index (κ1) is 26.2. The SMILES string of the molecule is CCCCCC(O)c1cncc(OC[C@H]2C(=O)CC[C@@H]2CCCc2nc(F)c(C(=O)OC)s2)c1. The van der Waals surface area contributed by atoms with E-state index in [1.807, 2.05) is 0 Å². The summed E-state index contributed by atoms with van der Waals surface area (Å²) in [6.07, 6.45) is 9.92. The predicted octanol–water partition coefficient (Wildman–Crippen LogP) is 5.07. The molecule has 0 saturated heterocycles. The monoisotopic (exact) mass is 492 g/mol. The van der Waals surface area contributed by atoms with Crippen LogP contribution < -0.4 is 4.74 Å². The Labute approximate surface area is 203 Å². The van der Waals surface area contributed by atoms with Gasteiger partial charge in [0.15, 0.2) is 4.88 Å². The number of nitrogens with zero attached hydrogens (tertiary/aromatic N) is 2. The molecule has 3 rings (SSSR count). The zero-order valence-electron chi connectivity index (χ0n) is 19.8. The van der Waals surface area contributed by atoms with Gasteiger partial charge in [0, 0.05) is 18.2 Å². The van der Waals surface area contributed by atoms with Gasteiger partial charge in [-0.2, -0.15) is 4.39 Å². The van der Waals surface area contributed by atoms with Crippen LogP contribution in [0.25, 0.3) is 0 Å². The maximum absolute atomic E-state index is 13.8. The molecule has 34 heavy (non-hydrogen) atoms. The van der Waals surface area contributed by atoms with Crippen LogP contribution >= 0.6 is 11.3 Å². The predicted molar refractivity (Wildman–Crippen MR) is 126 cm³/mol. The molecule has 1 fully saturated rings. The Bertz CT molecular complexity index is 967. The summed E-state index contributed by atoms with van der Waals surface area (Å²) in [6.45, 7) is 2.40. The minimum atomic E-state index is -0.791. The lowest BCUT2D eigenvalue weighted by Crippen LogP contribution is -2.23. The number of esters is 1. The Morgan fingerprint density at radius 2 is 2.15 bits per heavy atom. The van der Waals surface area contributed by atoms with Gasteiger partial charge in [0.1, 0.15) is 11.5 Å². The van der Waals surface area contributed by atoms with E-state index in [1.165, 1.54) is 7.11 Å². The van der Waals surface area contributed by atoms with Gasteiger partial charge in [-0.25, -0.2) is 9.78 Å². The number of carbonyl (C=O) groups excluding carboxylic acids is 2. The Hall–Kier alpha value is -2.39. The topological polar surface area (TPSA) is 98.6 Å². The molecule has 0 aliphatic heterocycles. The Morgan fingerprint density at radius 1 is 1.32 bits per heavy atom. The molecule has 7 nitrogen and oxygen atoms in total. The maximum atomic E-state index is 13.8. The van der Waals surface area contributed by atoms with E-state index in [-0.39, 0.29) is 29.1 Å². The summed E-state index contributed by atoms with van der Waals surface area (Å²) in [5, 5.41) is 10.9. The van der Waals surface area contributed by atoms with E-state index in [0.717, 1.165) is 55.4 Å². The van der Waals surface area contributed by atoms with Gasteiger partial charge in [0.05, 0.1) is 36.9 Å². The van der Waals surface area contributed by atoms with Crippen molar-refractivity contribution in [1.82, 2.24) is 9.97 Å². The first-order valence-corrected chi connectivity index (χ1v) is 12.8. The van der Waals surface area contributed by atoms with Gasteiger partial charge in [0.2, 0.25) is 5.95 Å². The summed E-state index contributed by atoms with van der Waals surface area (Å²) < 4.78 is 24.3. The number of rotatable bonds is 13. The number of pyridine rings is 1. The summed E-state index contributed by atoms with van der Waals surface area (Å²) in [6, 6.07) is 1.80. The van der Waals surface area contributed by atoms with Crippen molar-refractivity contribution in [2.24, 2.45) is 11.8 Å². The average molecular weight is 493 g/mol. The van der Waals surface area contributed by atoms with Gasteiger partial charge in [-0.05, 0) is 44.1 Å². The standard InChI is InChI=1S/C25H33FN2O5S/c1-3-4-5-8-20(29)17-12-18(14-27-13-17)33-15-19-16(10-11-21(19)30)7-6-9-22-28-24(26)23(34-22)25(31)32-2/h12-14,16,19-20,29H,3-11,15H2,1-2H3/t16-,19+,20?/m0/s1. The first-order chi connectivity index (χ1) is 16.4. The molecule has 1 saturated carbocycles. The second-order valence-corrected chi connectivity index (χ2v) is 9.84. The highest BCUT2D eigenvalue weighted by atomic mass is 32.1. The smallest absolute Gasteiger partial charge is 0.352 e. The molecule has 0 spiro atoms. The van der Waals surface area contributed by atoms with Gasteiger partial charge >= 0.3 is 5.97 Å². The highest BCUT2D eigenvalue weighted by Gasteiger charge is 2.34. The van der Waals surface area contributed by atoms with E-state index in [4.69, 9.17) is 4.74 Å². The number of ether oxygens (including phenoxy) is 2. The van der Waals surface area contributed by atoms with Gasteiger partial charge in [-0.3, -0.25) is 9.78 Å². The number of aryl methyl sites for hydroxylation is 1. The van der Waals surface area contributed by atoms with Crippen molar-refractivity contribution in [1.29, 1.82) is 0 Å². The molecule has 0 bridgehead atoms. The van der Waals surface area contributed by atoms with E-state index in [0.29, 0.717) is 30.0 Å². The van der Waals surface area contributed by atoms with Crippen LogP contribution in [0.1, 0.15) is 84.6 Å². The Kier molecular flexibility index (Phi) is 9.95. The molecule has 1 aliphatic rings. The van der Waals surface area contributed by atoms with Gasteiger partial charge in [0.25, 0.3) is 0 Å². The van der Waals surface area contributed by atoms with Crippen molar-refractivity contribution in [2.75, 3.05) is 13.7 Å². The second kappa shape index (κ2) is 12.9. The van der Waals surface area contributed by atoms with Crippen molar-refractivity contribution in [3.8, 4) is 5.75 Å². The molecule has 1 N–H and O–H groups in total. The lowest BCUT2D eigenvalue weighted by atomic mass is 9.91. The number of unbranched alkanes of at least 4 members (excludes halogenated alkanes) is 2. The molecule has 0 amide bonds. The number of hydrogen-bond donors (Lipinski definition) is 1. The summed E-state index contributed by atoms with van der Waals surface area (Å²) in [4.78, 5) is 31.9. The van der Waals surface area contributed by atoms with Crippen molar-refractivity contribution in [2.45, 2.75) is 70.8 Å².